The molecule has 2 aliphatic carbocycles. The van der Waals surface area contributed by atoms with Crippen molar-refractivity contribution in [1.29, 1.82) is 0 Å². The lowest BCUT2D eigenvalue weighted by Gasteiger charge is -2.44. The maximum atomic E-state index is 11.2. The Morgan fingerprint density at radius 2 is 2.37 bits per heavy atom. The first-order valence-electron chi connectivity index (χ1n) is 7.30. The lowest BCUT2D eigenvalue weighted by Crippen LogP contribution is -2.41. The number of aldehydes is 1. The van der Waals surface area contributed by atoms with Gasteiger partial charge in [-0.2, -0.15) is 0 Å². The fourth-order valence-corrected chi connectivity index (χ4v) is 4.11. The summed E-state index contributed by atoms with van der Waals surface area (Å²) in [6, 6.07) is 0. The summed E-state index contributed by atoms with van der Waals surface area (Å²) in [4.78, 5) is 22.0. The lowest BCUT2D eigenvalue weighted by atomic mass is 9.63. The van der Waals surface area contributed by atoms with E-state index in [1.165, 1.54) is 12.5 Å². The molecule has 1 saturated carbocycles. The molecular weight excluding hydrogens is 240 g/mol. The van der Waals surface area contributed by atoms with Crippen molar-refractivity contribution >= 4 is 12.3 Å². The smallest absolute Gasteiger partial charge is 0.302 e. The Morgan fingerprint density at radius 3 is 3.00 bits per heavy atom. The monoisotopic (exact) mass is 264 g/mol. The van der Waals surface area contributed by atoms with Crippen molar-refractivity contribution < 1.29 is 14.3 Å². The van der Waals surface area contributed by atoms with Gasteiger partial charge in [-0.3, -0.25) is 4.79 Å². The van der Waals surface area contributed by atoms with Crippen LogP contribution in [0.5, 0.6) is 0 Å². The molecule has 0 heterocycles. The maximum Gasteiger partial charge on any atom is 0.302 e. The minimum atomic E-state index is -0.177. The van der Waals surface area contributed by atoms with Crippen molar-refractivity contribution in [3.8, 4) is 0 Å². The number of allylic oxidation sites excluding steroid dienone is 2. The summed E-state index contributed by atoms with van der Waals surface area (Å²) in [5, 5.41) is 0. The van der Waals surface area contributed by atoms with Gasteiger partial charge in [-0.15, -0.1) is 0 Å². The Labute approximate surface area is 115 Å². The molecule has 19 heavy (non-hydrogen) atoms. The molecule has 0 aliphatic heterocycles. The molecule has 0 aromatic heterocycles. The molecule has 3 nitrogen and oxygen atoms in total. The van der Waals surface area contributed by atoms with Crippen LogP contribution < -0.4 is 0 Å². The largest absolute Gasteiger partial charge is 0.462 e. The van der Waals surface area contributed by atoms with Gasteiger partial charge in [-0.25, -0.2) is 0 Å². The van der Waals surface area contributed by atoms with E-state index in [0.29, 0.717) is 18.3 Å². The molecule has 1 fully saturated rings. The van der Waals surface area contributed by atoms with Crippen LogP contribution in [0, 0.1) is 17.3 Å². The van der Waals surface area contributed by atoms with Gasteiger partial charge in [0.1, 0.15) is 12.4 Å². The molecule has 0 radical (unpaired) electrons. The second-order valence-corrected chi connectivity index (χ2v) is 6.26. The van der Waals surface area contributed by atoms with Crippen molar-refractivity contribution in [2.24, 2.45) is 17.3 Å². The molecule has 0 aromatic carbocycles. The number of hydrogen-bond acceptors (Lipinski definition) is 3. The molecule has 4 atom stereocenters. The van der Waals surface area contributed by atoms with Crippen molar-refractivity contribution in [2.45, 2.75) is 59.0 Å². The fraction of sp³-hybridized carbons (Fsp3) is 0.750. The van der Waals surface area contributed by atoms with E-state index in [1.807, 2.05) is 0 Å². The van der Waals surface area contributed by atoms with E-state index in [2.05, 4.69) is 19.9 Å². The predicted octanol–water partition coefficient (Wildman–Crippen LogP) is 3.28. The maximum absolute atomic E-state index is 11.2. The van der Waals surface area contributed by atoms with Crippen LogP contribution in [-0.2, 0) is 14.3 Å². The Bertz CT molecular complexity index is 399. The fourth-order valence-electron chi connectivity index (χ4n) is 4.11. The zero-order valence-electron chi connectivity index (χ0n) is 12.1. The van der Waals surface area contributed by atoms with Gasteiger partial charge in [0.15, 0.2) is 0 Å². The third kappa shape index (κ3) is 2.60. The Balaban J connectivity index is 2.17. The number of carbonyl (C=O) groups is 2. The summed E-state index contributed by atoms with van der Waals surface area (Å²) in [7, 11) is 0. The van der Waals surface area contributed by atoms with Crippen LogP contribution in [0.3, 0.4) is 0 Å². The summed E-state index contributed by atoms with van der Waals surface area (Å²) < 4.78 is 5.52. The first kappa shape index (κ1) is 14.3. The quantitative estimate of drug-likeness (QED) is 0.444. The molecule has 2 unspecified atom stereocenters. The third-order valence-electron chi connectivity index (χ3n) is 5.00. The zero-order valence-corrected chi connectivity index (χ0v) is 12.1. The number of hydrogen-bond donors (Lipinski definition) is 0. The Kier molecular flexibility index (Phi) is 4.12. The van der Waals surface area contributed by atoms with Gasteiger partial charge in [0.2, 0.25) is 0 Å². The van der Waals surface area contributed by atoms with Crippen LogP contribution in [0.4, 0.5) is 0 Å². The average molecular weight is 264 g/mol. The zero-order chi connectivity index (χ0) is 14.0. The Morgan fingerprint density at radius 1 is 1.63 bits per heavy atom. The van der Waals surface area contributed by atoms with Crippen molar-refractivity contribution in [3.05, 3.63) is 11.6 Å². The molecule has 0 amide bonds. The van der Waals surface area contributed by atoms with Crippen LogP contribution >= 0.6 is 0 Å². The molecular formula is C16H24O3. The van der Waals surface area contributed by atoms with Crippen molar-refractivity contribution in [3.63, 3.8) is 0 Å². The highest BCUT2D eigenvalue weighted by Crippen LogP contribution is 2.55. The van der Waals surface area contributed by atoms with Gasteiger partial charge in [-0.05, 0) is 37.0 Å². The van der Waals surface area contributed by atoms with E-state index in [1.54, 1.807) is 0 Å². The molecule has 0 saturated heterocycles. The van der Waals surface area contributed by atoms with Gasteiger partial charge in [-0.1, -0.05) is 25.5 Å². The van der Waals surface area contributed by atoms with Crippen LogP contribution in [-0.4, -0.2) is 18.4 Å². The molecule has 0 N–H and O–H groups in total. The number of carbonyl (C=O) groups excluding carboxylic acids is 2. The molecule has 3 heteroatoms. The van der Waals surface area contributed by atoms with E-state index in [4.69, 9.17) is 4.74 Å². The molecule has 106 valence electrons. The minimum Gasteiger partial charge on any atom is -0.462 e. The van der Waals surface area contributed by atoms with Gasteiger partial charge >= 0.3 is 5.97 Å². The highest BCUT2D eigenvalue weighted by molar-refractivity contribution is 5.66. The molecule has 0 spiro atoms. The highest BCUT2D eigenvalue weighted by Gasteiger charge is 2.49. The Hall–Kier alpha value is -1.12. The number of fused-ring (bicyclic) bond motifs is 1. The standard InChI is InChI=1S/C16H24O3/c1-11(8-10-17)13-6-7-14-15(19-12(2)18)5-4-9-16(13,14)3/h6,10-11,14-15H,4-5,7-9H2,1-3H3/t11-,14?,15?,16+/m0/s1. The van der Waals surface area contributed by atoms with Crippen LogP contribution in [0.15, 0.2) is 11.6 Å². The summed E-state index contributed by atoms with van der Waals surface area (Å²) >= 11 is 0. The first-order chi connectivity index (χ1) is 8.99. The van der Waals surface area contributed by atoms with Crippen molar-refractivity contribution in [1.82, 2.24) is 0 Å². The van der Waals surface area contributed by atoms with Crippen LogP contribution in [0.25, 0.3) is 0 Å². The normalized spacial score (nSPS) is 35.2. The molecule has 2 rings (SSSR count). The summed E-state index contributed by atoms with van der Waals surface area (Å²) in [6.45, 7) is 5.90. The second kappa shape index (κ2) is 5.48. The average Bonchev–Trinajstić information content (AvgIpc) is 2.67. The van der Waals surface area contributed by atoms with Gasteiger partial charge in [0.05, 0.1) is 0 Å². The summed E-state index contributed by atoms with van der Waals surface area (Å²) in [5.74, 6) is 0.529. The summed E-state index contributed by atoms with van der Waals surface area (Å²) in [6.07, 6.45) is 8.13. The molecule has 0 bridgehead atoms. The molecule has 0 aromatic rings. The van der Waals surface area contributed by atoms with E-state index in [9.17, 15) is 9.59 Å². The van der Waals surface area contributed by atoms with E-state index in [0.717, 1.165) is 32.0 Å². The summed E-state index contributed by atoms with van der Waals surface area (Å²) in [5.41, 5.74) is 1.52. The second-order valence-electron chi connectivity index (χ2n) is 6.26. The molecule has 2 aliphatic rings. The number of esters is 1. The first-order valence-corrected chi connectivity index (χ1v) is 7.30. The lowest BCUT2D eigenvalue weighted by molar-refractivity contribution is -0.153. The number of rotatable bonds is 4. The van der Waals surface area contributed by atoms with E-state index in [-0.39, 0.29) is 17.5 Å². The predicted molar refractivity (Wildman–Crippen MR) is 73.5 cm³/mol. The van der Waals surface area contributed by atoms with Crippen LogP contribution in [0.2, 0.25) is 0 Å². The van der Waals surface area contributed by atoms with Gasteiger partial charge in [0, 0.05) is 19.3 Å². The van der Waals surface area contributed by atoms with E-state index >= 15 is 0 Å². The third-order valence-corrected chi connectivity index (χ3v) is 5.00. The topological polar surface area (TPSA) is 43.4 Å². The van der Waals surface area contributed by atoms with Gasteiger partial charge < -0.3 is 9.53 Å². The van der Waals surface area contributed by atoms with Crippen LogP contribution in [0.1, 0.15) is 52.9 Å². The van der Waals surface area contributed by atoms with Crippen molar-refractivity contribution in [2.75, 3.05) is 0 Å². The minimum absolute atomic E-state index is 0.0495. The SMILES string of the molecule is CC(=O)OC1CCC[C@]2(C)C([C@@H](C)CC=O)=CCC12. The van der Waals surface area contributed by atoms with E-state index < -0.39 is 0 Å². The number of ether oxygens (including phenoxy) is 1. The highest BCUT2D eigenvalue weighted by atomic mass is 16.5. The van der Waals surface area contributed by atoms with Gasteiger partial charge in [0.25, 0.3) is 0 Å².